The Bertz CT molecular complexity index is 2000. The van der Waals surface area contributed by atoms with Crippen LogP contribution < -0.4 is 58.2 Å². The molecule has 312 valence electrons. The van der Waals surface area contributed by atoms with Crippen LogP contribution in [0.4, 0.5) is 0 Å². The number of hydrogen-bond acceptors (Lipinski definition) is 16. The van der Waals surface area contributed by atoms with E-state index in [-0.39, 0.29) is 70.3 Å². The number of ether oxygens (including phenoxy) is 10. The molecule has 2 N–H and O–H groups in total. The average molecular weight is 817 g/mol. The molecule has 0 unspecified atom stereocenters. The van der Waals surface area contributed by atoms with Crippen LogP contribution in [0.3, 0.4) is 0 Å². The SMILES string of the molecule is CCOc1cc(/C=N\NC(=O)CC(=O)N/N=C\c2ccc(OC(=O)c3cc(OC)c(OC)c(OC)c3)c(OCC)c2)ccc1OC(=O)c1cc(OC)c(OC)c(OC)c1. The summed E-state index contributed by atoms with van der Waals surface area (Å²) in [4.78, 5) is 50.9. The Labute approximate surface area is 339 Å². The highest BCUT2D eigenvalue weighted by Crippen LogP contribution is 2.40. The summed E-state index contributed by atoms with van der Waals surface area (Å²) in [6.45, 7) is 4.04. The van der Waals surface area contributed by atoms with Crippen molar-refractivity contribution in [2.45, 2.75) is 20.3 Å². The van der Waals surface area contributed by atoms with Crippen molar-refractivity contribution in [1.29, 1.82) is 0 Å². The first-order valence-corrected chi connectivity index (χ1v) is 17.7. The fraction of sp³-hybridized carbons (Fsp3) is 0.268. The van der Waals surface area contributed by atoms with Crippen molar-refractivity contribution in [3.63, 3.8) is 0 Å². The summed E-state index contributed by atoms with van der Waals surface area (Å²) in [7, 11) is 8.62. The van der Waals surface area contributed by atoms with E-state index >= 15 is 0 Å². The van der Waals surface area contributed by atoms with E-state index in [0.29, 0.717) is 22.6 Å². The number of hydrogen-bond donors (Lipinski definition) is 2. The standard InChI is InChI=1S/C41H44N4O14/c1-9-56-30-15-24(11-13-28(30)58-40(48)26-17-32(50-3)38(54-7)33(18-26)51-4)22-42-44-36(46)21-37(47)45-43-23-25-12-14-29(31(16-25)57-10-2)59-41(49)27-19-34(52-5)39(55-8)35(20-27)53-6/h11-20,22-23H,9-10,21H2,1-8H3,(H,44,46)(H,45,47)/b42-22-,43-23-. The Morgan fingerprint density at radius 3 is 1.15 bits per heavy atom. The van der Waals surface area contributed by atoms with Crippen molar-refractivity contribution in [2.75, 3.05) is 55.9 Å². The van der Waals surface area contributed by atoms with Gasteiger partial charge in [0.15, 0.2) is 46.0 Å². The highest BCUT2D eigenvalue weighted by atomic mass is 16.6. The molecule has 0 aliphatic heterocycles. The lowest BCUT2D eigenvalue weighted by molar-refractivity contribution is -0.129. The minimum absolute atomic E-state index is 0.130. The second-order valence-corrected chi connectivity index (χ2v) is 11.6. The summed E-state index contributed by atoms with van der Waals surface area (Å²) < 4.78 is 54.4. The van der Waals surface area contributed by atoms with Gasteiger partial charge in [0.05, 0.1) is 79.4 Å². The molecule has 0 saturated heterocycles. The van der Waals surface area contributed by atoms with Gasteiger partial charge >= 0.3 is 11.9 Å². The monoisotopic (exact) mass is 816 g/mol. The third-order valence-corrected chi connectivity index (χ3v) is 7.87. The van der Waals surface area contributed by atoms with Gasteiger partial charge in [0.25, 0.3) is 0 Å². The molecule has 0 fully saturated rings. The zero-order valence-corrected chi connectivity index (χ0v) is 33.7. The normalized spacial score (nSPS) is 10.7. The number of carbonyl (C=O) groups is 4. The first-order valence-electron chi connectivity index (χ1n) is 17.7. The second-order valence-electron chi connectivity index (χ2n) is 11.6. The summed E-state index contributed by atoms with van der Waals surface area (Å²) >= 11 is 0. The number of nitrogens with one attached hydrogen (secondary N) is 2. The van der Waals surface area contributed by atoms with Crippen molar-refractivity contribution < 1.29 is 66.5 Å². The van der Waals surface area contributed by atoms with Gasteiger partial charge in [0.1, 0.15) is 6.42 Å². The van der Waals surface area contributed by atoms with Crippen LogP contribution in [0.25, 0.3) is 0 Å². The van der Waals surface area contributed by atoms with E-state index in [0.717, 1.165) is 0 Å². The van der Waals surface area contributed by atoms with Crippen LogP contribution in [0, 0.1) is 0 Å². The second kappa shape index (κ2) is 21.7. The molecule has 0 aromatic heterocycles. The lowest BCUT2D eigenvalue weighted by Gasteiger charge is -2.15. The molecule has 4 rings (SSSR count). The maximum absolute atomic E-state index is 13.1. The van der Waals surface area contributed by atoms with Crippen molar-refractivity contribution in [1.82, 2.24) is 10.9 Å². The molecule has 0 spiro atoms. The number of esters is 2. The van der Waals surface area contributed by atoms with Crippen LogP contribution in [0.5, 0.6) is 57.5 Å². The van der Waals surface area contributed by atoms with Crippen molar-refractivity contribution in [2.24, 2.45) is 10.2 Å². The Morgan fingerprint density at radius 1 is 0.492 bits per heavy atom. The molecule has 0 bridgehead atoms. The maximum Gasteiger partial charge on any atom is 0.343 e. The molecule has 0 aliphatic rings. The topological polar surface area (TPSA) is 209 Å². The molecule has 0 saturated carbocycles. The summed E-state index contributed by atoms with van der Waals surface area (Å²) in [6.07, 6.45) is 2.06. The van der Waals surface area contributed by atoms with E-state index in [9.17, 15) is 19.2 Å². The van der Waals surface area contributed by atoms with Gasteiger partial charge in [-0.1, -0.05) is 0 Å². The lowest BCUT2D eigenvalue weighted by Crippen LogP contribution is -2.27. The zero-order valence-electron chi connectivity index (χ0n) is 33.7. The number of hydrazone groups is 2. The zero-order chi connectivity index (χ0) is 42.9. The first-order chi connectivity index (χ1) is 28.5. The van der Waals surface area contributed by atoms with Crippen LogP contribution in [-0.4, -0.2) is 92.1 Å². The molecule has 2 amide bonds. The van der Waals surface area contributed by atoms with Crippen LogP contribution >= 0.6 is 0 Å². The number of benzene rings is 4. The molecule has 0 heterocycles. The summed E-state index contributed by atoms with van der Waals surface area (Å²) in [6, 6.07) is 15.1. The van der Waals surface area contributed by atoms with Gasteiger partial charge in [-0.05, 0) is 85.6 Å². The van der Waals surface area contributed by atoms with Crippen LogP contribution in [0.2, 0.25) is 0 Å². The highest BCUT2D eigenvalue weighted by molar-refractivity contribution is 5.98. The molecule has 0 radical (unpaired) electrons. The van der Waals surface area contributed by atoms with E-state index in [1.165, 1.54) is 91.5 Å². The Kier molecular flexibility index (Phi) is 16.3. The minimum Gasteiger partial charge on any atom is -0.493 e. The Balaban J connectivity index is 1.33. The first kappa shape index (κ1) is 44.2. The fourth-order valence-electron chi connectivity index (χ4n) is 5.21. The third kappa shape index (κ3) is 11.8. The lowest BCUT2D eigenvalue weighted by atomic mass is 10.1. The molecular weight excluding hydrogens is 772 g/mol. The van der Waals surface area contributed by atoms with Gasteiger partial charge < -0.3 is 47.4 Å². The quantitative estimate of drug-likeness (QED) is 0.0397. The van der Waals surface area contributed by atoms with Gasteiger partial charge in [0, 0.05) is 0 Å². The van der Waals surface area contributed by atoms with E-state index in [1.807, 2.05) is 0 Å². The summed E-state index contributed by atoms with van der Waals surface area (Å²) in [5, 5.41) is 7.81. The molecule has 18 heteroatoms. The number of methoxy groups -OCH3 is 6. The van der Waals surface area contributed by atoms with Crippen molar-refractivity contribution in [3.8, 4) is 57.5 Å². The van der Waals surface area contributed by atoms with Gasteiger partial charge in [-0.25, -0.2) is 20.4 Å². The van der Waals surface area contributed by atoms with Gasteiger partial charge in [-0.3, -0.25) is 9.59 Å². The van der Waals surface area contributed by atoms with Crippen molar-refractivity contribution in [3.05, 3.63) is 82.9 Å². The van der Waals surface area contributed by atoms with E-state index < -0.39 is 30.2 Å². The smallest absolute Gasteiger partial charge is 0.343 e. The number of amides is 2. The van der Waals surface area contributed by atoms with E-state index in [4.69, 9.17) is 47.4 Å². The largest absolute Gasteiger partial charge is 0.493 e. The third-order valence-electron chi connectivity index (χ3n) is 7.87. The summed E-state index contributed by atoms with van der Waals surface area (Å²) in [5.41, 5.74) is 5.81. The van der Waals surface area contributed by atoms with Crippen LogP contribution in [0.1, 0.15) is 52.1 Å². The van der Waals surface area contributed by atoms with E-state index in [2.05, 4.69) is 21.1 Å². The number of rotatable bonds is 20. The van der Waals surface area contributed by atoms with E-state index in [1.54, 1.807) is 38.1 Å². The van der Waals surface area contributed by atoms with Gasteiger partial charge in [-0.15, -0.1) is 0 Å². The molecule has 4 aromatic rings. The van der Waals surface area contributed by atoms with Gasteiger partial charge in [-0.2, -0.15) is 10.2 Å². The molecule has 4 aromatic carbocycles. The molecule has 59 heavy (non-hydrogen) atoms. The van der Waals surface area contributed by atoms with Gasteiger partial charge in [0.2, 0.25) is 23.3 Å². The average Bonchev–Trinajstić information content (AvgIpc) is 3.24. The van der Waals surface area contributed by atoms with Crippen molar-refractivity contribution >= 4 is 36.2 Å². The van der Waals surface area contributed by atoms with Crippen LogP contribution in [-0.2, 0) is 9.59 Å². The maximum atomic E-state index is 13.1. The number of nitrogens with zero attached hydrogens (tertiary/aromatic N) is 2. The predicted octanol–water partition coefficient (Wildman–Crippen LogP) is 4.96. The number of carbonyl (C=O) groups excluding carboxylic acids is 4. The fourth-order valence-corrected chi connectivity index (χ4v) is 5.21. The minimum atomic E-state index is -0.716. The molecule has 0 aliphatic carbocycles. The molecule has 18 nitrogen and oxygen atoms in total. The Hall–Kier alpha value is -7.50. The molecule has 0 atom stereocenters. The Morgan fingerprint density at radius 2 is 0.847 bits per heavy atom. The molecular formula is C41H44N4O14. The summed E-state index contributed by atoms with van der Waals surface area (Å²) in [5.74, 6) is -0.362. The predicted molar refractivity (Wildman–Crippen MR) is 213 cm³/mol. The highest BCUT2D eigenvalue weighted by Gasteiger charge is 2.22. The van der Waals surface area contributed by atoms with Crippen LogP contribution in [0.15, 0.2) is 70.9 Å².